The molecule has 130 valence electrons. The van der Waals surface area contributed by atoms with Gasteiger partial charge >= 0.3 is 0 Å². The summed E-state index contributed by atoms with van der Waals surface area (Å²) in [5.41, 5.74) is 1.02. The van der Waals surface area contributed by atoms with Crippen molar-refractivity contribution < 1.29 is 22.8 Å². The number of carbonyl (C=O) groups excluding carboxylic acids is 3. The van der Waals surface area contributed by atoms with Gasteiger partial charge < -0.3 is 10.2 Å². The quantitative estimate of drug-likeness (QED) is 0.626. The molecule has 1 N–H and O–H groups in total. The van der Waals surface area contributed by atoms with Gasteiger partial charge in [-0.2, -0.15) is 0 Å². The Morgan fingerprint density at radius 2 is 1.83 bits per heavy atom. The Bertz CT molecular complexity index is 755. The molecule has 0 aromatic heterocycles. The lowest BCUT2D eigenvalue weighted by Crippen LogP contribution is -2.39. The monoisotopic (exact) mass is 352 g/mol. The number of hydrogen-bond donors (Lipinski definition) is 1. The Morgan fingerprint density at radius 1 is 1.21 bits per heavy atom. The van der Waals surface area contributed by atoms with E-state index >= 15 is 0 Å². The lowest BCUT2D eigenvalue weighted by Gasteiger charge is -2.23. The summed E-state index contributed by atoms with van der Waals surface area (Å²) in [6, 6.07) is 5.99. The van der Waals surface area contributed by atoms with Crippen molar-refractivity contribution in [2.75, 3.05) is 23.9 Å². The number of nitrogens with zero attached hydrogens (tertiary/aromatic N) is 1. The van der Waals surface area contributed by atoms with Gasteiger partial charge in [0.15, 0.2) is 15.6 Å². The fourth-order valence-corrected chi connectivity index (χ4v) is 4.31. The molecular weight excluding hydrogens is 332 g/mol. The van der Waals surface area contributed by atoms with Gasteiger partial charge in [-0.25, -0.2) is 8.42 Å². The third-order valence-corrected chi connectivity index (χ3v) is 5.79. The number of sulfone groups is 1. The zero-order valence-corrected chi connectivity index (χ0v) is 14.4. The summed E-state index contributed by atoms with van der Waals surface area (Å²) >= 11 is 0. The summed E-state index contributed by atoms with van der Waals surface area (Å²) in [5.74, 6) is -0.956. The predicted molar refractivity (Wildman–Crippen MR) is 89.5 cm³/mol. The number of amides is 2. The van der Waals surface area contributed by atoms with Crippen LogP contribution in [0.4, 0.5) is 5.69 Å². The highest BCUT2D eigenvalue weighted by molar-refractivity contribution is 7.91. The fraction of sp³-hybridized carbons (Fsp3) is 0.438. The van der Waals surface area contributed by atoms with Gasteiger partial charge in [0.1, 0.15) is 6.42 Å². The van der Waals surface area contributed by atoms with Gasteiger partial charge in [-0.1, -0.05) is 0 Å². The summed E-state index contributed by atoms with van der Waals surface area (Å²) in [5, 5.41) is 2.58. The minimum absolute atomic E-state index is 0.0522. The number of benzene rings is 1. The van der Waals surface area contributed by atoms with Crippen LogP contribution >= 0.6 is 0 Å². The van der Waals surface area contributed by atoms with Crippen LogP contribution in [0, 0.1) is 0 Å². The topological polar surface area (TPSA) is 101 Å². The van der Waals surface area contributed by atoms with Crippen molar-refractivity contribution in [1.29, 1.82) is 0 Å². The first-order valence-corrected chi connectivity index (χ1v) is 9.37. The summed E-state index contributed by atoms with van der Waals surface area (Å²) in [7, 11) is -1.57. The van der Waals surface area contributed by atoms with E-state index in [0.29, 0.717) is 17.7 Å². The zero-order valence-electron chi connectivity index (χ0n) is 13.6. The van der Waals surface area contributed by atoms with Crippen LogP contribution in [0.1, 0.15) is 30.1 Å². The average Bonchev–Trinajstić information content (AvgIpc) is 2.86. The van der Waals surface area contributed by atoms with Crippen LogP contribution in [0.25, 0.3) is 0 Å². The summed E-state index contributed by atoms with van der Waals surface area (Å²) in [6.07, 6.45) is 0.0419. The summed E-state index contributed by atoms with van der Waals surface area (Å²) in [6.45, 7) is 1.45. The molecule has 1 saturated heterocycles. The number of Topliss-reactive ketones (excluding diaryl/α,β-unsaturated/α-hetero) is 1. The lowest BCUT2D eigenvalue weighted by molar-refractivity contribution is -0.134. The Morgan fingerprint density at radius 3 is 2.33 bits per heavy atom. The van der Waals surface area contributed by atoms with E-state index in [9.17, 15) is 22.8 Å². The second kappa shape index (κ2) is 7.12. The van der Waals surface area contributed by atoms with Gasteiger partial charge in [-0.3, -0.25) is 14.4 Å². The molecular formula is C16H20N2O5S. The first-order chi connectivity index (χ1) is 11.2. The van der Waals surface area contributed by atoms with Gasteiger partial charge in [0.05, 0.1) is 11.5 Å². The van der Waals surface area contributed by atoms with Crippen LogP contribution in [-0.2, 0) is 19.4 Å². The van der Waals surface area contributed by atoms with Crippen LogP contribution < -0.4 is 5.32 Å². The number of nitrogens with one attached hydrogen (secondary N) is 1. The maximum Gasteiger partial charge on any atom is 0.233 e. The Balaban J connectivity index is 1.89. The van der Waals surface area contributed by atoms with Crippen LogP contribution in [-0.4, -0.2) is 55.5 Å². The van der Waals surface area contributed by atoms with Crippen molar-refractivity contribution in [3.05, 3.63) is 29.8 Å². The molecule has 1 aromatic carbocycles. The van der Waals surface area contributed by atoms with Crippen LogP contribution in [0.15, 0.2) is 24.3 Å². The first kappa shape index (κ1) is 18.1. The maximum atomic E-state index is 12.1. The van der Waals surface area contributed by atoms with Crippen molar-refractivity contribution >= 4 is 33.1 Å². The minimum Gasteiger partial charge on any atom is -0.341 e. The van der Waals surface area contributed by atoms with Gasteiger partial charge in [-0.15, -0.1) is 0 Å². The molecule has 2 amide bonds. The summed E-state index contributed by atoms with van der Waals surface area (Å²) < 4.78 is 22.9. The highest BCUT2D eigenvalue weighted by Gasteiger charge is 2.33. The average molecular weight is 352 g/mol. The van der Waals surface area contributed by atoms with E-state index in [1.54, 1.807) is 24.3 Å². The standard InChI is InChI=1S/C16H20N2O5S/c1-11(19)12-3-5-13(6-4-12)17-15(20)9-16(21)18(2)14-7-8-24(22,23)10-14/h3-6,14H,7-10H2,1-2H3,(H,17,20). The van der Waals surface area contributed by atoms with Crippen molar-refractivity contribution in [3.8, 4) is 0 Å². The molecule has 0 saturated carbocycles. The normalized spacial score (nSPS) is 18.8. The van der Waals surface area contributed by atoms with E-state index in [2.05, 4.69) is 5.32 Å². The maximum absolute atomic E-state index is 12.1. The molecule has 1 fully saturated rings. The van der Waals surface area contributed by atoms with E-state index in [4.69, 9.17) is 0 Å². The molecule has 1 aliphatic rings. The molecule has 0 spiro atoms. The number of rotatable bonds is 5. The van der Waals surface area contributed by atoms with Crippen molar-refractivity contribution in [3.63, 3.8) is 0 Å². The molecule has 1 aliphatic heterocycles. The molecule has 0 radical (unpaired) electrons. The van der Waals surface area contributed by atoms with E-state index < -0.39 is 21.7 Å². The molecule has 1 aromatic rings. The SMILES string of the molecule is CC(=O)c1ccc(NC(=O)CC(=O)N(C)C2CCS(=O)(=O)C2)cc1. The van der Waals surface area contributed by atoms with Crippen molar-refractivity contribution in [1.82, 2.24) is 4.90 Å². The molecule has 2 rings (SSSR count). The molecule has 0 aliphatic carbocycles. The third-order valence-electron chi connectivity index (χ3n) is 4.04. The zero-order chi connectivity index (χ0) is 17.9. The molecule has 7 nitrogen and oxygen atoms in total. The highest BCUT2D eigenvalue weighted by Crippen LogP contribution is 2.17. The molecule has 24 heavy (non-hydrogen) atoms. The smallest absolute Gasteiger partial charge is 0.233 e. The lowest BCUT2D eigenvalue weighted by atomic mass is 10.1. The number of hydrogen-bond acceptors (Lipinski definition) is 5. The molecule has 1 unspecified atom stereocenters. The van der Waals surface area contributed by atoms with E-state index in [1.807, 2.05) is 0 Å². The minimum atomic E-state index is -3.08. The van der Waals surface area contributed by atoms with Gasteiger partial charge in [0, 0.05) is 24.3 Å². The van der Waals surface area contributed by atoms with Crippen molar-refractivity contribution in [2.45, 2.75) is 25.8 Å². The van der Waals surface area contributed by atoms with Crippen LogP contribution in [0.5, 0.6) is 0 Å². The number of carbonyl (C=O) groups is 3. The Kier molecular flexibility index (Phi) is 5.38. The van der Waals surface area contributed by atoms with E-state index in [-0.39, 0.29) is 29.8 Å². The summed E-state index contributed by atoms with van der Waals surface area (Å²) in [4.78, 5) is 36.6. The first-order valence-electron chi connectivity index (χ1n) is 7.55. The van der Waals surface area contributed by atoms with E-state index in [1.165, 1.54) is 18.9 Å². The molecule has 1 atom stereocenters. The number of anilines is 1. The Labute approximate surface area is 140 Å². The highest BCUT2D eigenvalue weighted by atomic mass is 32.2. The third kappa shape index (κ3) is 4.64. The largest absolute Gasteiger partial charge is 0.341 e. The van der Waals surface area contributed by atoms with Crippen LogP contribution in [0.3, 0.4) is 0 Å². The van der Waals surface area contributed by atoms with Crippen LogP contribution in [0.2, 0.25) is 0 Å². The van der Waals surface area contributed by atoms with Gasteiger partial charge in [0.2, 0.25) is 11.8 Å². The molecule has 1 heterocycles. The fourth-order valence-electron chi connectivity index (χ4n) is 2.54. The number of ketones is 1. The second-order valence-corrected chi connectivity index (χ2v) is 8.15. The predicted octanol–water partition coefficient (Wildman–Crippen LogP) is 0.863. The Hall–Kier alpha value is -2.22. The van der Waals surface area contributed by atoms with Gasteiger partial charge in [0.25, 0.3) is 0 Å². The van der Waals surface area contributed by atoms with Crippen molar-refractivity contribution in [2.24, 2.45) is 0 Å². The van der Waals surface area contributed by atoms with Gasteiger partial charge in [-0.05, 0) is 37.6 Å². The van der Waals surface area contributed by atoms with E-state index in [0.717, 1.165) is 0 Å². The molecule has 8 heteroatoms. The second-order valence-electron chi connectivity index (χ2n) is 5.92. The molecule has 0 bridgehead atoms.